The zero-order valence-corrected chi connectivity index (χ0v) is 23.0. The van der Waals surface area contributed by atoms with Crippen LogP contribution < -0.4 is 0 Å². The Morgan fingerprint density at radius 3 is 2.69 bits per heavy atom. The Morgan fingerprint density at radius 2 is 2.00 bits per heavy atom. The maximum atomic E-state index is 13.2. The molecule has 0 unspecified atom stereocenters. The molecule has 0 aliphatic carbocycles. The van der Waals surface area contributed by atoms with Crippen LogP contribution in [0.3, 0.4) is 0 Å². The second kappa shape index (κ2) is 10.2. The van der Waals surface area contributed by atoms with Gasteiger partial charge in [0.1, 0.15) is 30.7 Å². The molecule has 0 radical (unpaired) electrons. The summed E-state index contributed by atoms with van der Waals surface area (Å²) >= 11 is 1.48. The summed E-state index contributed by atoms with van der Waals surface area (Å²) in [5.41, 5.74) is 1.04. The topological polar surface area (TPSA) is 119 Å². The van der Waals surface area contributed by atoms with Crippen LogP contribution in [0.2, 0.25) is 0 Å². The number of likely N-dealkylation sites (tertiary alicyclic amines) is 1. The Morgan fingerprint density at radius 1 is 1.28 bits per heavy atom. The molecule has 2 amide bonds. The summed E-state index contributed by atoms with van der Waals surface area (Å²) in [6.07, 6.45) is 7.26. The molecule has 0 bridgehead atoms. The quantitative estimate of drug-likeness (QED) is 0.285. The van der Waals surface area contributed by atoms with Crippen LogP contribution >= 0.6 is 11.8 Å². The Hall–Kier alpha value is -3.51. The van der Waals surface area contributed by atoms with Gasteiger partial charge in [-0.1, -0.05) is 32.2 Å². The second-order valence-electron chi connectivity index (χ2n) is 10.4. The maximum absolute atomic E-state index is 13.2. The number of rotatable bonds is 9. The number of amides is 2. The number of nitrogens with zero attached hydrogens (tertiary/aromatic N) is 5. The van der Waals surface area contributed by atoms with Crippen LogP contribution in [0.15, 0.2) is 60.6 Å². The van der Waals surface area contributed by atoms with Crippen molar-refractivity contribution in [2.45, 2.75) is 50.3 Å². The number of hydrogen-bond acceptors (Lipinski definition) is 8. The summed E-state index contributed by atoms with van der Waals surface area (Å²) in [6, 6.07) is 1.54. The molecule has 11 nitrogen and oxygen atoms in total. The minimum absolute atomic E-state index is 0.0123. The van der Waals surface area contributed by atoms with Crippen molar-refractivity contribution in [1.82, 2.24) is 24.0 Å². The number of hydrogen-bond donors (Lipinski definition) is 1. The molecule has 2 fully saturated rings. The average Bonchev–Trinajstić information content (AvgIpc) is 3.63. The summed E-state index contributed by atoms with van der Waals surface area (Å²) < 4.78 is 14.0. The number of carbonyl (C=O) groups is 3. The number of ether oxygens (including phenoxy) is 2. The fraction of sp³-hybridized carbons (Fsp3) is 0.481. The number of aromatic nitrogens is 3. The summed E-state index contributed by atoms with van der Waals surface area (Å²) in [5.74, 6) is -1.69. The van der Waals surface area contributed by atoms with Crippen molar-refractivity contribution in [2.24, 2.45) is 11.8 Å². The Bertz CT molecular complexity index is 1360. The third-order valence-electron chi connectivity index (χ3n) is 7.63. The van der Waals surface area contributed by atoms with Gasteiger partial charge in [-0.3, -0.25) is 9.69 Å². The molecule has 0 aromatic carbocycles. The van der Waals surface area contributed by atoms with Crippen molar-refractivity contribution in [1.29, 1.82) is 0 Å². The number of β-lactam (4-membered cyclic amide) rings is 1. The van der Waals surface area contributed by atoms with E-state index < -0.39 is 28.8 Å². The highest BCUT2D eigenvalue weighted by Crippen LogP contribution is 2.56. The summed E-state index contributed by atoms with van der Waals surface area (Å²) in [7, 11) is 0. The fourth-order valence-electron chi connectivity index (χ4n) is 5.95. The van der Waals surface area contributed by atoms with E-state index in [9.17, 15) is 19.5 Å². The number of esters is 1. The first-order valence-corrected chi connectivity index (χ1v) is 13.7. The van der Waals surface area contributed by atoms with Crippen LogP contribution in [-0.4, -0.2) is 83.7 Å². The molecular weight excluding hydrogens is 522 g/mol. The van der Waals surface area contributed by atoms with Gasteiger partial charge in [0.25, 0.3) is 0 Å². The third-order valence-corrected chi connectivity index (χ3v) is 9.21. The minimum atomic E-state index is -0.843. The summed E-state index contributed by atoms with van der Waals surface area (Å²) in [4.78, 5) is 43.3. The highest BCUT2D eigenvalue weighted by Gasteiger charge is 2.61. The molecule has 3 aliphatic rings. The van der Waals surface area contributed by atoms with E-state index in [-0.39, 0.29) is 42.9 Å². The average molecular weight is 556 g/mol. The van der Waals surface area contributed by atoms with Crippen molar-refractivity contribution in [3.05, 3.63) is 60.6 Å². The van der Waals surface area contributed by atoms with E-state index in [4.69, 9.17) is 9.47 Å². The van der Waals surface area contributed by atoms with E-state index in [2.05, 4.69) is 18.3 Å². The summed E-state index contributed by atoms with van der Waals surface area (Å²) in [5, 5.41) is 14.6. The molecule has 39 heavy (non-hydrogen) atoms. The molecule has 0 spiro atoms. The lowest BCUT2D eigenvalue weighted by atomic mass is 9.79. The zero-order chi connectivity index (χ0) is 28.1. The molecule has 2 aromatic heterocycles. The number of carbonyl (C=O) groups excluding carboxylic acids is 3. The highest BCUT2D eigenvalue weighted by molar-refractivity contribution is 8.04. The van der Waals surface area contributed by atoms with Crippen molar-refractivity contribution < 1.29 is 29.0 Å². The minimum Gasteiger partial charge on any atom is -0.457 e. The van der Waals surface area contributed by atoms with Crippen LogP contribution in [-0.2, 0) is 19.1 Å². The maximum Gasteiger partial charge on any atom is 0.411 e. The van der Waals surface area contributed by atoms with Gasteiger partial charge >= 0.3 is 12.1 Å². The second-order valence-corrected chi connectivity index (χ2v) is 12.1. The first-order valence-electron chi connectivity index (χ1n) is 12.9. The van der Waals surface area contributed by atoms with Crippen molar-refractivity contribution in [3.8, 4) is 0 Å². The van der Waals surface area contributed by atoms with Gasteiger partial charge in [-0.15, -0.1) is 11.8 Å². The monoisotopic (exact) mass is 555 g/mol. The summed E-state index contributed by atoms with van der Waals surface area (Å²) in [6.45, 7) is 13.3. The highest BCUT2D eigenvalue weighted by atomic mass is 32.2. The largest absolute Gasteiger partial charge is 0.457 e. The zero-order valence-electron chi connectivity index (χ0n) is 22.2. The first kappa shape index (κ1) is 27.1. The van der Waals surface area contributed by atoms with Gasteiger partial charge in [-0.25, -0.2) is 14.1 Å². The van der Waals surface area contributed by atoms with Gasteiger partial charge < -0.3 is 24.0 Å². The molecule has 2 saturated heterocycles. The predicted octanol–water partition coefficient (Wildman–Crippen LogP) is 2.95. The van der Waals surface area contributed by atoms with Gasteiger partial charge in [0.2, 0.25) is 5.91 Å². The number of imidazole rings is 1. The Labute approximate surface area is 230 Å². The van der Waals surface area contributed by atoms with E-state index in [0.717, 1.165) is 10.6 Å². The van der Waals surface area contributed by atoms with Crippen molar-refractivity contribution >= 4 is 35.4 Å². The van der Waals surface area contributed by atoms with Gasteiger partial charge in [0, 0.05) is 47.0 Å². The molecule has 2 aromatic rings. The Balaban J connectivity index is 1.50. The van der Waals surface area contributed by atoms with E-state index in [1.54, 1.807) is 22.5 Å². The van der Waals surface area contributed by atoms with Crippen LogP contribution in [0.5, 0.6) is 0 Å². The van der Waals surface area contributed by atoms with Crippen molar-refractivity contribution in [3.63, 3.8) is 0 Å². The molecule has 6 atom stereocenters. The van der Waals surface area contributed by atoms with Crippen LogP contribution in [0.1, 0.15) is 33.4 Å². The van der Waals surface area contributed by atoms with Gasteiger partial charge in [-0.2, -0.15) is 5.10 Å². The van der Waals surface area contributed by atoms with Gasteiger partial charge in [-0.05, 0) is 13.8 Å². The standard InChI is InChI=1S/C27H33N5O6S/c1-6-12-37-25(35)22-23(16(3)21-20(17(4)33)24(34)32(21)22)39-27(5)14-19(30(15-27)26(36)38-13-7-2)29-10-11-31-18(29)8-9-28-31/h6-11,16-17,19-21,33H,1-2,12-15H2,3-5H3/t16-,17-,19+,20-,21-,27+/m1/s1. The molecule has 5 rings (SSSR count). The first-order chi connectivity index (χ1) is 18.6. The number of aliphatic hydroxyl groups excluding tert-OH is 1. The predicted molar refractivity (Wildman–Crippen MR) is 144 cm³/mol. The van der Waals surface area contributed by atoms with E-state index in [1.807, 2.05) is 36.9 Å². The molecule has 208 valence electrons. The Kier molecular flexibility index (Phi) is 7.10. The molecule has 12 heteroatoms. The van der Waals surface area contributed by atoms with Gasteiger partial charge in [0.15, 0.2) is 0 Å². The molecule has 3 aliphatic heterocycles. The van der Waals surface area contributed by atoms with Crippen LogP contribution in [0.25, 0.3) is 5.65 Å². The van der Waals surface area contributed by atoms with E-state index >= 15 is 0 Å². The SMILES string of the molecule is C=CCOC(=O)C1=C(S[C@@]2(C)C[C@@H](n3ccn4nccc34)N(C(=O)OCC=C)C2)[C@H](C)[C@@H]2[C@@H]([C@@H](C)O)C(=O)N12. The lowest BCUT2D eigenvalue weighted by molar-refractivity contribution is -0.164. The van der Waals surface area contributed by atoms with E-state index in [0.29, 0.717) is 13.0 Å². The molecule has 1 N–H and O–H groups in total. The molecular formula is C27H33N5O6S. The molecule has 5 heterocycles. The smallest absolute Gasteiger partial charge is 0.411 e. The normalized spacial score (nSPS) is 28.9. The molecule has 0 saturated carbocycles. The lowest BCUT2D eigenvalue weighted by Gasteiger charge is -2.46. The number of thioether (sulfide) groups is 1. The van der Waals surface area contributed by atoms with Gasteiger partial charge in [0.05, 0.1) is 24.3 Å². The number of aliphatic hydroxyl groups is 1. The van der Waals surface area contributed by atoms with Crippen LogP contribution in [0.4, 0.5) is 4.79 Å². The number of fused-ring (bicyclic) bond motifs is 2. The van der Waals surface area contributed by atoms with Crippen molar-refractivity contribution in [2.75, 3.05) is 19.8 Å². The van der Waals surface area contributed by atoms with Crippen LogP contribution in [0, 0.1) is 11.8 Å². The lowest BCUT2D eigenvalue weighted by Crippen LogP contribution is -2.63. The third kappa shape index (κ3) is 4.45. The fourth-order valence-corrected chi connectivity index (χ4v) is 7.52. The van der Waals surface area contributed by atoms with E-state index in [1.165, 1.54) is 28.8 Å².